The molecular weight excluding hydrogens is 352 g/mol. The molecule has 0 radical (unpaired) electrons. The van der Waals surface area contributed by atoms with E-state index in [0.29, 0.717) is 18.0 Å². The lowest BCUT2D eigenvalue weighted by atomic mass is 9.98. The summed E-state index contributed by atoms with van der Waals surface area (Å²) in [5, 5.41) is 14.3. The molecule has 0 saturated carbocycles. The fraction of sp³-hybridized carbons (Fsp3) is 0.409. The number of aromatic nitrogens is 3. The van der Waals surface area contributed by atoms with Gasteiger partial charge in [0.15, 0.2) is 0 Å². The summed E-state index contributed by atoms with van der Waals surface area (Å²) < 4.78 is 1.69. The average Bonchev–Trinajstić information content (AvgIpc) is 3.15. The first-order valence-electron chi connectivity index (χ1n) is 9.89. The minimum Gasteiger partial charge on any atom is -0.394 e. The Hall–Kier alpha value is -2.73. The summed E-state index contributed by atoms with van der Waals surface area (Å²) in [4.78, 5) is 20.1. The largest absolute Gasteiger partial charge is 0.394 e. The summed E-state index contributed by atoms with van der Waals surface area (Å²) in [6, 6.07) is 7.93. The molecule has 1 aliphatic rings. The summed E-state index contributed by atoms with van der Waals surface area (Å²) in [6.45, 7) is 6.31. The zero-order chi connectivity index (χ0) is 19.7. The second-order valence-electron chi connectivity index (χ2n) is 7.79. The Labute approximate surface area is 164 Å². The van der Waals surface area contributed by atoms with Crippen molar-refractivity contribution in [3.05, 3.63) is 47.8 Å². The van der Waals surface area contributed by atoms with E-state index in [1.165, 1.54) is 6.42 Å². The number of hydrogen-bond acceptors (Lipinski definition) is 4. The summed E-state index contributed by atoms with van der Waals surface area (Å²) in [5.41, 5.74) is 4.21. The summed E-state index contributed by atoms with van der Waals surface area (Å²) in [6.07, 6.45) is 5.82. The van der Waals surface area contributed by atoms with Gasteiger partial charge in [-0.1, -0.05) is 19.1 Å². The molecule has 0 unspecified atom stereocenters. The Morgan fingerprint density at radius 2 is 2.18 bits per heavy atom. The topological polar surface area (TPSA) is 71.2 Å². The molecule has 2 aromatic heterocycles. The predicted molar refractivity (Wildman–Crippen MR) is 109 cm³/mol. The zero-order valence-corrected chi connectivity index (χ0v) is 16.4. The number of aliphatic hydroxyl groups excluding tert-OH is 1. The van der Waals surface area contributed by atoms with Gasteiger partial charge in [0, 0.05) is 30.2 Å². The van der Waals surface area contributed by atoms with Crippen molar-refractivity contribution in [2.24, 2.45) is 5.92 Å². The lowest BCUT2D eigenvalue weighted by Crippen LogP contribution is -2.39. The van der Waals surface area contributed by atoms with Crippen molar-refractivity contribution >= 4 is 16.8 Å². The Bertz CT molecular complexity index is 1010. The molecule has 1 aromatic carbocycles. The van der Waals surface area contributed by atoms with Crippen LogP contribution in [0.25, 0.3) is 22.2 Å². The van der Waals surface area contributed by atoms with Gasteiger partial charge >= 0.3 is 0 Å². The van der Waals surface area contributed by atoms with E-state index in [1.54, 1.807) is 10.9 Å². The van der Waals surface area contributed by atoms with E-state index >= 15 is 0 Å². The van der Waals surface area contributed by atoms with Crippen LogP contribution in [-0.4, -0.2) is 50.4 Å². The van der Waals surface area contributed by atoms with E-state index in [0.717, 1.165) is 47.2 Å². The van der Waals surface area contributed by atoms with Crippen LogP contribution in [0, 0.1) is 12.8 Å². The van der Waals surface area contributed by atoms with Gasteiger partial charge < -0.3 is 10.0 Å². The fourth-order valence-electron chi connectivity index (χ4n) is 3.93. The van der Waals surface area contributed by atoms with E-state index in [1.807, 2.05) is 42.3 Å². The first kappa shape index (κ1) is 18.6. The third-order valence-electron chi connectivity index (χ3n) is 5.40. The second-order valence-corrected chi connectivity index (χ2v) is 7.79. The van der Waals surface area contributed by atoms with Gasteiger partial charge in [0.05, 0.1) is 36.1 Å². The summed E-state index contributed by atoms with van der Waals surface area (Å²) in [7, 11) is 0. The zero-order valence-electron chi connectivity index (χ0n) is 16.4. The van der Waals surface area contributed by atoms with E-state index < -0.39 is 0 Å². The van der Waals surface area contributed by atoms with Crippen LogP contribution in [0.4, 0.5) is 0 Å². The maximum Gasteiger partial charge on any atom is 0.254 e. The molecule has 0 bridgehead atoms. The van der Waals surface area contributed by atoms with Crippen molar-refractivity contribution in [1.82, 2.24) is 19.7 Å². The molecule has 6 heteroatoms. The summed E-state index contributed by atoms with van der Waals surface area (Å²) in [5.74, 6) is 0.607. The Morgan fingerprint density at radius 3 is 2.96 bits per heavy atom. The number of nitrogens with zero attached hydrogens (tertiary/aromatic N) is 4. The van der Waals surface area contributed by atoms with E-state index in [9.17, 15) is 4.79 Å². The second kappa shape index (κ2) is 7.72. The molecule has 1 fully saturated rings. The molecular formula is C22H26N4O2. The molecule has 6 nitrogen and oxygen atoms in total. The van der Waals surface area contributed by atoms with Gasteiger partial charge in [-0.25, -0.2) is 4.98 Å². The van der Waals surface area contributed by atoms with Crippen molar-refractivity contribution in [3.8, 4) is 11.3 Å². The van der Waals surface area contributed by atoms with Crippen molar-refractivity contribution in [2.75, 3.05) is 19.7 Å². The monoisotopic (exact) mass is 378 g/mol. The van der Waals surface area contributed by atoms with E-state index in [4.69, 9.17) is 10.1 Å². The minimum atomic E-state index is 0.0301. The number of pyridine rings is 1. The van der Waals surface area contributed by atoms with Crippen molar-refractivity contribution in [2.45, 2.75) is 33.2 Å². The molecule has 28 heavy (non-hydrogen) atoms. The van der Waals surface area contributed by atoms with Crippen LogP contribution in [0.2, 0.25) is 0 Å². The van der Waals surface area contributed by atoms with Crippen LogP contribution < -0.4 is 0 Å². The van der Waals surface area contributed by atoms with E-state index in [-0.39, 0.29) is 12.5 Å². The number of rotatable bonds is 4. The van der Waals surface area contributed by atoms with Crippen LogP contribution in [0.5, 0.6) is 0 Å². The van der Waals surface area contributed by atoms with Crippen LogP contribution in [0.15, 0.2) is 36.7 Å². The van der Waals surface area contributed by atoms with Gasteiger partial charge in [-0.3, -0.25) is 9.48 Å². The minimum absolute atomic E-state index is 0.0301. The molecule has 3 aromatic rings. The molecule has 1 N–H and O–H groups in total. The highest BCUT2D eigenvalue weighted by molar-refractivity contribution is 6.07. The number of benzene rings is 1. The lowest BCUT2D eigenvalue weighted by Gasteiger charge is -2.31. The molecule has 146 valence electrons. The normalized spacial score (nSPS) is 17.2. The first-order chi connectivity index (χ1) is 13.5. The van der Waals surface area contributed by atoms with E-state index in [2.05, 4.69) is 12.0 Å². The molecule has 1 amide bonds. The molecule has 0 spiro atoms. The van der Waals surface area contributed by atoms with Crippen molar-refractivity contribution in [1.29, 1.82) is 0 Å². The third kappa shape index (κ3) is 3.64. The predicted octanol–water partition coefficient (Wildman–Crippen LogP) is 3.27. The number of fused-ring (bicyclic) bond motifs is 1. The Kier molecular flexibility index (Phi) is 5.13. The standard InChI is InChI=1S/C22H26N4O2/c1-15-5-6-18-19(22(28)25-7-3-4-16(2)13-25)11-20(24-21(18)10-15)17-12-23-26(14-17)8-9-27/h5-6,10-12,14,16,27H,3-4,7-9,13H2,1-2H3/t16-/m1/s1. The highest BCUT2D eigenvalue weighted by Crippen LogP contribution is 2.28. The molecule has 1 aliphatic heterocycles. The molecule has 4 rings (SSSR count). The highest BCUT2D eigenvalue weighted by Gasteiger charge is 2.24. The molecule has 1 atom stereocenters. The van der Waals surface area contributed by atoms with Gasteiger partial charge in [-0.15, -0.1) is 0 Å². The lowest BCUT2D eigenvalue weighted by molar-refractivity contribution is 0.0685. The Morgan fingerprint density at radius 1 is 1.32 bits per heavy atom. The number of amides is 1. The maximum atomic E-state index is 13.4. The van der Waals surface area contributed by atoms with Gasteiger partial charge in [0.2, 0.25) is 0 Å². The number of piperidine rings is 1. The quantitative estimate of drug-likeness (QED) is 0.756. The van der Waals surface area contributed by atoms with Gasteiger partial charge in [0.1, 0.15) is 0 Å². The van der Waals surface area contributed by atoms with Crippen molar-refractivity contribution in [3.63, 3.8) is 0 Å². The molecule has 0 aliphatic carbocycles. The number of aryl methyl sites for hydroxylation is 1. The van der Waals surface area contributed by atoms with Crippen LogP contribution in [-0.2, 0) is 6.54 Å². The number of carbonyl (C=O) groups is 1. The summed E-state index contributed by atoms with van der Waals surface area (Å²) >= 11 is 0. The number of hydrogen-bond donors (Lipinski definition) is 1. The van der Waals surface area contributed by atoms with Crippen LogP contribution in [0.3, 0.4) is 0 Å². The Balaban J connectivity index is 1.80. The SMILES string of the molecule is Cc1ccc2c(C(=O)N3CCC[C@@H](C)C3)cc(-c3cnn(CCO)c3)nc2c1. The number of aliphatic hydroxyl groups is 1. The molecule has 1 saturated heterocycles. The van der Waals surface area contributed by atoms with Crippen LogP contribution >= 0.6 is 0 Å². The van der Waals surface area contributed by atoms with Crippen molar-refractivity contribution < 1.29 is 9.90 Å². The molecule has 3 heterocycles. The third-order valence-corrected chi connectivity index (χ3v) is 5.40. The van der Waals surface area contributed by atoms with Gasteiger partial charge in [0.25, 0.3) is 5.91 Å². The number of carbonyl (C=O) groups excluding carboxylic acids is 1. The smallest absolute Gasteiger partial charge is 0.254 e. The first-order valence-corrected chi connectivity index (χ1v) is 9.89. The maximum absolute atomic E-state index is 13.4. The fourth-order valence-corrected chi connectivity index (χ4v) is 3.93. The highest BCUT2D eigenvalue weighted by atomic mass is 16.3. The van der Waals surface area contributed by atoms with Gasteiger partial charge in [-0.05, 0) is 43.4 Å². The van der Waals surface area contributed by atoms with Crippen LogP contribution in [0.1, 0.15) is 35.7 Å². The van der Waals surface area contributed by atoms with Gasteiger partial charge in [-0.2, -0.15) is 5.10 Å². The number of likely N-dealkylation sites (tertiary alicyclic amines) is 1. The average molecular weight is 378 g/mol.